The Labute approximate surface area is 160 Å². The maximum atomic E-state index is 12.1. The summed E-state index contributed by atoms with van der Waals surface area (Å²) in [4.78, 5) is 16.2. The van der Waals surface area contributed by atoms with Gasteiger partial charge < -0.3 is 24.6 Å². The van der Waals surface area contributed by atoms with Crippen LogP contribution in [0.5, 0.6) is 11.5 Å². The molecule has 0 atom stereocenters. The van der Waals surface area contributed by atoms with Crippen molar-refractivity contribution in [2.24, 2.45) is 0 Å². The van der Waals surface area contributed by atoms with Crippen LogP contribution in [0.1, 0.15) is 6.92 Å². The van der Waals surface area contributed by atoms with Crippen LogP contribution < -0.4 is 24.6 Å². The molecule has 0 radical (unpaired) electrons. The van der Waals surface area contributed by atoms with Gasteiger partial charge in [0.25, 0.3) is 5.91 Å². The van der Waals surface area contributed by atoms with E-state index in [1.54, 1.807) is 36.3 Å². The molecule has 0 aliphatic carbocycles. The van der Waals surface area contributed by atoms with Crippen LogP contribution in [-0.2, 0) is 4.79 Å². The average Bonchev–Trinajstić information content (AvgIpc) is 2.73. The Balaban J connectivity index is 1.46. The highest BCUT2D eigenvalue weighted by Gasteiger charge is 2.18. The molecule has 27 heavy (non-hydrogen) atoms. The van der Waals surface area contributed by atoms with Crippen molar-refractivity contribution < 1.29 is 19.2 Å². The number of anilines is 2. The van der Waals surface area contributed by atoms with E-state index in [1.165, 1.54) is 25.3 Å². The number of nitrogens with zero attached hydrogens (tertiary/aromatic N) is 1. The SMILES string of the molecule is CC[NH+]1CCN(c2ccc(NC(=O)COc3ccc(OC)cc3)cc2)CC1. The fourth-order valence-corrected chi connectivity index (χ4v) is 3.21. The molecule has 6 nitrogen and oxygen atoms in total. The van der Waals surface area contributed by atoms with Gasteiger partial charge in [-0.25, -0.2) is 0 Å². The molecule has 1 amide bonds. The molecule has 2 N–H and O–H groups in total. The molecule has 2 aromatic rings. The molecule has 2 aromatic carbocycles. The molecule has 0 aromatic heterocycles. The average molecular weight is 370 g/mol. The molecule has 0 bridgehead atoms. The third-order valence-corrected chi connectivity index (χ3v) is 4.92. The minimum atomic E-state index is -0.182. The van der Waals surface area contributed by atoms with Gasteiger partial charge in [-0.15, -0.1) is 0 Å². The first-order valence-corrected chi connectivity index (χ1v) is 9.43. The summed E-state index contributed by atoms with van der Waals surface area (Å²) < 4.78 is 10.6. The Hall–Kier alpha value is -2.73. The van der Waals surface area contributed by atoms with Crippen LogP contribution in [0.15, 0.2) is 48.5 Å². The van der Waals surface area contributed by atoms with E-state index in [-0.39, 0.29) is 12.5 Å². The number of rotatable bonds is 7. The van der Waals surface area contributed by atoms with E-state index in [1.807, 2.05) is 12.1 Å². The third-order valence-electron chi connectivity index (χ3n) is 4.92. The number of methoxy groups -OCH3 is 1. The van der Waals surface area contributed by atoms with Crippen molar-refractivity contribution in [3.63, 3.8) is 0 Å². The van der Waals surface area contributed by atoms with Crippen LogP contribution in [0.2, 0.25) is 0 Å². The largest absolute Gasteiger partial charge is 0.497 e. The van der Waals surface area contributed by atoms with Gasteiger partial charge in [0.15, 0.2) is 6.61 Å². The predicted octanol–water partition coefficient (Wildman–Crippen LogP) is 1.44. The molecule has 1 saturated heterocycles. The number of quaternary nitrogens is 1. The number of likely N-dealkylation sites (N-methyl/N-ethyl adjacent to an activating group) is 1. The van der Waals surface area contributed by atoms with E-state index in [4.69, 9.17) is 9.47 Å². The van der Waals surface area contributed by atoms with E-state index in [0.29, 0.717) is 5.75 Å². The van der Waals surface area contributed by atoms with Gasteiger partial charge >= 0.3 is 0 Å². The van der Waals surface area contributed by atoms with E-state index in [2.05, 4.69) is 29.3 Å². The minimum Gasteiger partial charge on any atom is -0.497 e. The molecule has 0 spiro atoms. The van der Waals surface area contributed by atoms with Crippen molar-refractivity contribution in [2.45, 2.75) is 6.92 Å². The van der Waals surface area contributed by atoms with Gasteiger partial charge in [-0.2, -0.15) is 0 Å². The Morgan fingerprint density at radius 3 is 2.26 bits per heavy atom. The summed E-state index contributed by atoms with van der Waals surface area (Å²) in [6, 6.07) is 15.2. The molecular weight excluding hydrogens is 342 g/mol. The van der Waals surface area contributed by atoms with Crippen LogP contribution in [-0.4, -0.2) is 52.3 Å². The normalized spacial score (nSPS) is 14.7. The first kappa shape index (κ1) is 19.0. The van der Waals surface area contributed by atoms with Gasteiger partial charge in [0.1, 0.15) is 11.5 Å². The number of hydrogen-bond donors (Lipinski definition) is 2. The summed E-state index contributed by atoms with van der Waals surface area (Å²) in [6.07, 6.45) is 0. The van der Waals surface area contributed by atoms with Gasteiger partial charge in [0, 0.05) is 11.4 Å². The summed E-state index contributed by atoms with van der Waals surface area (Å²) >= 11 is 0. The van der Waals surface area contributed by atoms with Crippen molar-refractivity contribution in [3.8, 4) is 11.5 Å². The lowest BCUT2D eigenvalue weighted by Gasteiger charge is -2.33. The maximum Gasteiger partial charge on any atom is 0.262 e. The van der Waals surface area contributed by atoms with Crippen LogP contribution in [0.25, 0.3) is 0 Å². The van der Waals surface area contributed by atoms with E-state index >= 15 is 0 Å². The smallest absolute Gasteiger partial charge is 0.262 e. The van der Waals surface area contributed by atoms with Crippen LogP contribution in [0.3, 0.4) is 0 Å². The number of carbonyl (C=O) groups excluding carboxylic acids is 1. The van der Waals surface area contributed by atoms with Gasteiger partial charge in [0.05, 0.1) is 39.8 Å². The van der Waals surface area contributed by atoms with Gasteiger partial charge in [-0.3, -0.25) is 4.79 Å². The van der Waals surface area contributed by atoms with Gasteiger partial charge in [0.2, 0.25) is 0 Å². The monoisotopic (exact) mass is 370 g/mol. The lowest BCUT2D eigenvalue weighted by atomic mass is 10.2. The summed E-state index contributed by atoms with van der Waals surface area (Å²) in [6.45, 7) is 7.90. The molecule has 0 unspecified atom stereocenters. The van der Waals surface area contributed by atoms with E-state index in [0.717, 1.165) is 24.5 Å². The van der Waals surface area contributed by atoms with Crippen LogP contribution in [0, 0.1) is 0 Å². The fourth-order valence-electron chi connectivity index (χ4n) is 3.21. The summed E-state index contributed by atoms with van der Waals surface area (Å²) in [7, 11) is 1.61. The zero-order valence-electron chi connectivity index (χ0n) is 16.0. The molecule has 1 aliphatic rings. The zero-order chi connectivity index (χ0) is 19.1. The van der Waals surface area contributed by atoms with Crippen molar-refractivity contribution in [2.75, 3.05) is 56.7 Å². The molecule has 1 fully saturated rings. The summed E-state index contributed by atoms with van der Waals surface area (Å²) in [5.74, 6) is 1.21. The van der Waals surface area contributed by atoms with E-state index < -0.39 is 0 Å². The first-order chi connectivity index (χ1) is 13.2. The second kappa shape index (κ2) is 9.28. The Bertz CT molecular complexity index is 723. The first-order valence-electron chi connectivity index (χ1n) is 9.43. The molecule has 3 rings (SSSR count). The van der Waals surface area contributed by atoms with Gasteiger partial charge in [-0.1, -0.05) is 0 Å². The number of benzene rings is 2. The number of nitrogens with one attached hydrogen (secondary N) is 2. The highest BCUT2D eigenvalue weighted by molar-refractivity contribution is 5.92. The number of piperazine rings is 1. The van der Waals surface area contributed by atoms with Crippen molar-refractivity contribution in [3.05, 3.63) is 48.5 Å². The Morgan fingerprint density at radius 2 is 1.67 bits per heavy atom. The molecule has 144 valence electrons. The van der Waals surface area contributed by atoms with E-state index in [9.17, 15) is 4.79 Å². The number of carbonyl (C=O) groups is 1. The predicted molar refractivity (Wildman–Crippen MR) is 107 cm³/mol. The second-order valence-electron chi connectivity index (χ2n) is 6.65. The van der Waals surface area contributed by atoms with Crippen molar-refractivity contribution >= 4 is 17.3 Å². The number of ether oxygens (including phenoxy) is 2. The standard InChI is InChI=1S/C21H27N3O3/c1-3-23-12-14-24(15-13-23)18-6-4-17(5-7-18)22-21(25)16-27-20-10-8-19(26-2)9-11-20/h4-11H,3,12-16H2,1-2H3,(H,22,25)/p+1. The van der Waals surface area contributed by atoms with Crippen molar-refractivity contribution in [1.29, 1.82) is 0 Å². The number of amides is 1. The third kappa shape index (κ3) is 5.37. The van der Waals surface area contributed by atoms with Gasteiger partial charge in [-0.05, 0) is 55.5 Å². The Kier molecular flexibility index (Phi) is 6.54. The minimum absolute atomic E-state index is 0.0319. The molecule has 1 heterocycles. The maximum absolute atomic E-state index is 12.1. The Morgan fingerprint density at radius 1 is 1.04 bits per heavy atom. The second-order valence-corrected chi connectivity index (χ2v) is 6.65. The fraction of sp³-hybridized carbons (Fsp3) is 0.381. The highest BCUT2D eigenvalue weighted by atomic mass is 16.5. The quantitative estimate of drug-likeness (QED) is 0.774. The summed E-state index contributed by atoms with van der Waals surface area (Å²) in [5, 5.41) is 2.87. The van der Waals surface area contributed by atoms with Crippen LogP contribution in [0.4, 0.5) is 11.4 Å². The molecular formula is C21H28N3O3+. The highest BCUT2D eigenvalue weighted by Crippen LogP contribution is 2.19. The molecule has 6 heteroatoms. The zero-order valence-corrected chi connectivity index (χ0v) is 16.0. The van der Waals surface area contributed by atoms with Crippen LogP contribution >= 0.6 is 0 Å². The topological polar surface area (TPSA) is 55.2 Å². The molecule has 1 aliphatic heterocycles. The molecule has 0 saturated carbocycles. The number of hydrogen-bond acceptors (Lipinski definition) is 4. The summed E-state index contributed by atoms with van der Waals surface area (Å²) in [5.41, 5.74) is 1.98. The lowest BCUT2D eigenvalue weighted by Crippen LogP contribution is -3.14. The lowest BCUT2D eigenvalue weighted by molar-refractivity contribution is -0.898. The van der Waals surface area contributed by atoms with Crippen molar-refractivity contribution in [1.82, 2.24) is 0 Å².